The summed E-state index contributed by atoms with van der Waals surface area (Å²) in [5, 5.41) is 3.00. The predicted octanol–water partition coefficient (Wildman–Crippen LogP) is 2.47. The van der Waals surface area contributed by atoms with Gasteiger partial charge in [0.2, 0.25) is 0 Å². The number of amides is 1. The molecule has 0 heterocycles. The van der Waals surface area contributed by atoms with Gasteiger partial charge in [-0.1, -0.05) is 12.8 Å². The summed E-state index contributed by atoms with van der Waals surface area (Å²) < 4.78 is 13.0. The van der Waals surface area contributed by atoms with E-state index in [9.17, 15) is 9.18 Å². The summed E-state index contributed by atoms with van der Waals surface area (Å²) in [5.74, 6) is -0.672. The summed E-state index contributed by atoms with van der Waals surface area (Å²) in [4.78, 5) is 12.0. The smallest absolute Gasteiger partial charge is 0.251 e. The van der Waals surface area contributed by atoms with E-state index in [1.54, 1.807) is 0 Å². The third kappa shape index (κ3) is 2.57. The molecule has 1 aliphatic carbocycles. The number of carbonyl (C=O) groups is 1. The van der Waals surface area contributed by atoms with Gasteiger partial charge >= 0.3 is 0 Å². The van der Waals surface area contributed by atoms with Crippen LogP contribution in [0.25, 0.3) is 0 Å². The van der Waals surface area contributed by atoms with Crippen LogP contribution >= 0.6 is 0 Å². The van der Waals surface area contributed by atoms with Crippen molar-refractivity contribution in [1.29, 1.82) is 0 Å². The van der Waals surface area contributed by atoms with Crippen molar-refractivity contribution in [2.75, 3.05) is 5.73 Å². The number of nitrogen functional groups attached to an aromatic ring is 1. The highest BCUT2D eigenvalue weighted by molar-refractivity contribution is 5.95. The Bertz CT molecular complexity index is 439. The number of nitrogens with one attached hydrogen (secondary N) is 1. The first-order valence-corrected chi connectivity index (χ1v) is 5.88. The first kappa shape index (κ1) is 11.9. The average molecular weight is 236 g/mol. The lowest BCUT2D eigenvalue weighted by Gasteiger charge is -2.25. The van der Waals surface area contributed by atoms with Crippen LogP contribution in [0.2, 0.25) is 0 Å². The molecule has 3 nitrogen and oxygen atoms in total. The summed E-state index contributed by atoms with van der Waals surface area (Å²) in [6, 6.07) is 4.06. The second-order valence-electron chi connectivity index (χ2n) is 4.96. The van der Waals surface area contributed by atoms with E-state index in [0.717, 1.165) is 25.7 Å². The van der Waals surface area contributed by atoms with Gasteiger partial charge in [0.05, 0.1) is 5.69 Å². The van der Waals surface area contributed by atoms with Crippen molar-refractivity contribution in [3.05, 3.63) is 29.6 Å². The predicted molar refractivity (Wildman–Crippen MR) is 65.2 cm³/mol. The van der Waals surface area contributed by atoms with Gasteiger partial charge in [-0.3, -0.25) is 4.79 Å². The summed E-state index contributed by atoms with van der Waals surface area (Å²) in [6.45, 7) is 2.05. The van der Waals surface area contributed by atoms with Crippen LogP contribution < -0.4 is 11.1 Å². The van der Waals surface area contributed by atoms with Gasteiger partial charge in [0, 0.05) is 11.1 Å². The van der Waals surface area contributed by atoms with Crippen molar-refractivity contribution in [1.82, 2.24) is 5.32 Å². The van der Waals surface area contributed by atoms with Crippen LogP contribution in [-0.2, 0) is 0 Å². The van der Waals surface area contributed by atoms with Gasteiger partial charge in [0.15, 0.2) is 0 Å². The Morgan fingerprint density at radius 2 is 2.06 bits per heavy atom. The van der Waals surface area contributed by atoms with Crippen LogP contribution in [0.3, 0.4) is 0 Å². The van der Waals surface area contributed by atoms with Crippen molar-refractivity contribution >= 4 is 11.6 Å². The van der Waals surface area contributed by atoms with Gasteiger partial charge in [-0.2, -0.15) is 0 Å². The van der Waals surface area contributed by atoms with E-state index < -0.39 is 5.82 Å². The molecule has 0 radical (unpaired) electrons. The van der Waals surface area contributed by atoms with E-state index >= 15 is 0 Å². The van der Waals surface area contributed by atoms with Crippen LogP contribution in [-0.4, -0.2) is 11.4 Å². The lowest BCUT2D eigenvalue weighted by atomic mass is 10.00. The lowest BCUT2D eigenvalue weighted by molar-refractivity contribution is 0.0908. The van der Waals surface area contributed by atoms with Gasteiger partial charge in [-0.05, 0) is 38.0 Å². The van der Waals surface area contributed by atoms with Crippen molar-refractivity contribution < 1.29 is 9.18 Å². The van der Waals surface area contributed by atoms with Gasteiger partial charge < -0.3 is 11.1 Å². The Morgan fingerprint density at radius 3 is 2.65 bits per heavy atom. The lowest BCUT2D eigenvalue weighted by Crippen LogP contribution is -2.43. The van der Waals surface area contributed by atoms with Gasteiger partial charge in [-0.25, -0.2) is 4.39 Å². The summed E-state index contributed by atoms with van der Waals surface area (Å²) in [7, 11) is 0. The molecule has 1 saturated carbocycles. The molecular formula is C13H17FN2O. The zero-order valence-electron chi connectivity index (χ0n) is 9.92. The van der Waals surface area contributed by atoms with Crippen LogP contribution in [0.5, 0.6) is 0 Å². The normalized spacial score (nSPS) is 18.0. The SMILES string of the molecule is CC1(NC(=O)c2ccc(F)c(N)c2)CCCC1. The average Bonchev–Trinajstić information content (AvgIpc) is 2.69. The molecule has 17 heavy (non-hydrogen) atoms. The number of carbonyl (C=O) groups excluding carboxylic acids is 1. The summed E-state index contributed by atoms with van der Waals surface area (Å²) in [6.07, 6.45) is 4.27. The number of halogens is 1. The second-order valence-corrected chi connectivity index (χ2v) is 4.96. The number of hydrogen-bond donors (Lipinski definition) is 2. The molecule has 0 unspecified atom stereocenters. The molecule has 0 bridgehead atoms. The summed E-state index contributed by atoms with van der Waals surface area (Å²) >= 11 is 0. The minimum absolute atomic E-state index is 0.00854. The van der Waals surface area contributed by atoms with E-state index in [4.69, 9.17) is 5.73 Å². The van der Waals surface area contributed by atoms with Crippen molar-refractivity contribution in [2.24, 2.45) is 0 Å². The Kier molecular flexibility index (Phi) is 3.05. The number of nitrogens with two attached hydrogens (primary N) is 1. The molecule has 0 spiro atoms. The van der Waals surface area contributed by atoms with E-state index in [2.05, 4.69) is 5.32 Å². The van der Waals surface area contributed by atoms with E-state index in [0.29, 0.717) is 5.56 Å². The van der Waals surface area contributed by atoms with Gasteiger partial charge in [0.25, 0.3) is 5.91 Å². The maximum absolute atomic E-state index is 13.0. The summed E-state index contributed by atoms with van der Waals surface area (Å²) in [5.41, 5.74) is 5.74. The molecule has 92 valence electrons. The van der Waals surface area contributed by atoms with E-state index in [1.165, 1.54) is 18.2 Å². The molecule has 1 aromatic carbocycles. The fourth-order valence-corrected chi connectivity index (χ4v) is 2.31. The minimum Gasteiger partial charge on any atom is -0.396 e. The maximum atomic E-state index is 13.0. The first-order valence-electron chi connectivity index (χ1n) is 5.88. The number of anilines is 1. The highest BCUT2D eigenvalue weighted by Gasteiger charge is 2.30. The second kappa shape index (κ2) is 4.35. The molecule has 4 heteroatoms. The standard InChI is InChI=1S/C13H17FN2O/c1-13(6-2-3-7-13)16-12(17)9-4-5-10(14)11(15)8-9/h4-5,8H,2-3,6-7,15H2,1H3,(H,16,17). The number of hydrogen-bond acceptors (Lipinski definition) is 2. The van der Waals surface area contributed by atoms with E-state index in [1.807, 2.05) is 6.92 Å². The largest absolute Gasteiger partial charge is 0.396 e. The monoisotopic (exact) mass is 236 g/mol. The Hall–Kier alpha value is -1.58. The molecule has 1 aromatic rings. The molecule has 0 aliphatic heterocycles. The molecule has 0 aromatic heterocycles. The third-order valence-corrected chi connectivity index (χ3v) is 3.38. The molecule has 2 rings (SSSR count). The van der Waals surface area contributed by atoms with Crippen LogP contribution in [0.4, 0.5) is 10.1 Å². The molecule has 1 amide bonds. The first-order chi connectivity index (χ1) is 8.00. The van der Waals surface area contributed by atoms with Gasteiger partial charge in [0.1, 0.15) is 5.82 Å². The van der Waals surface area contributed by atoms with Crippen LogP contribution in [0.1, 0.15) is 43.0 Å². The molecule has 0 atom stereocenters. The van der Waals surface area contributed by atoms with Crippen molar-refractivity contribution in [2.45, 2.75) is 38.1 Å². The highest BCUT2D eigenvalue weighted by atomic mass is 19.1. The fourth-order valence-electron chi connectivity index (χ4n) is 2.31. The number of rotatable bonds is 2. The molecule has 0 saturated heterocycles. The Balaban J connectivity index is 2.11. The Morgan fingerprint density at radius 1 is 1.41 bits per heavy atom. The highest BCUT2D eigenvalue weighted by Crippen LogP contribution is 2.29. The third-order valence-electron chi connectivity index (χ3n) is 3.38. The molecule has 1 fully saturated rings. The molecule has 3 N–H and O–H groups in total. The Labute approximate surface area is 100 Å². The number of benzene rings is 1. The zero-order chi connectivity index (χ0) is 12.5. The fraction of sp³-hybridized carbons (Fsp3) is 0.462. The minimum atomic E-state index is -0.492. The van der Waals surface area contributed by atoms with Crippen molar-refractivity contribution in [3.8, 4) is 0 Å². The van der Waals surface area contributed by atoms with Crippen LogP contribution in [0, 0.1) is 5.82 Å². The molecular weight excluding hydrogens is 219 g/mol. The van der Waals surface area contributed by atoms with Gasteiger partial charge in [-0.15, -0.1) is 0 Å². The topological polar surface area (TPSA) is 55.1 Å². The molecule has 1 aliphatic rings. The zero-order valence-corrected chi connectivity index (χ0v) is 9.92. The van der Waals surface area contributed by atoms with Crippen LogP contribution in [0.15, 0.2) is 18.2 Å². The quantitative estimate of drug-likeness (QED) is 0.775. The maximum Gasteiger partial charge on any atom is 0.251 e. The van der Waals surface area contributed by atoms with E-state index in [-0.39, 0.29) is 17.1 Å². The van der Waals surface area contributed by atoms with Crippen molar-refractivity contribution in [3.63, 3.8) is 0 Å².